The van der Waals surface area contributed by atoms with Crippen LogP contribution in [-0.2, 0) is 9.53 Å². The zero-order valence-corrected chi connectivity index (χ0v) is 15.9. The van der Waals surface area contributed by atoms with Crippen molar-refractivity contribution < 1.29 is 32.2 Å². The van der Waals surface area contributed by atoms with Crippen LogP contribution in [-0.4, -0.2) is 32.1 Å². The van der Waals surface area contributed by atoms with E-state index in [1.54, 1.807) is 0 Å². The summed E-state index contributed by atoms with van der Waals surface area (Å²) in [4.78, 5) is 24.5. The SMILES string of the molecule is COC(=O)c1c(F)c(F)c(Oc2ccc(NC(C)=O)cc2)c(F)c1N1CCCC1. The molecule has 1 saturated heterocycles. The molecule has 0 saturated carbocycles. The number of methoxy groups -OCH3 is 1. The van der Waals surface area contributed by atoms with E-state index in [1.807, 2.05) is 0 Å². The van der Waals surface area contributed by atoms with E-state index >= 15 is 4.39 Å². The molecule has 0 bridgehead atoms. The number of hydrogen-bond donors (Lipinski definition) is 1. The van der Waals surface area contributed by atoms with Gasteiger partial charge in [0.1, 0.15) is 11.3 Å². The first kappa shape index (κ1) is 20.5. The van der Waals surface area contributed by atoms with E-state index in [9.17, 15) is 18.4 Å². The van der Waals surface area contributed by atoms with Gasteiger partial charge in [-0.05, 0) is 37.1 Å². The maximum absolute atomic E-state index is 15.2. The average Bonchev–Trinajstić information content (AvgIpc) is 3.22. The number of carbonyl (C=O) groups is 2. The van der Waals surface area contributed by atoms with Crippen molar-refractivity contribution in [2.24, 2.45) is 0 Å². The molecule has 1 heterocycles. The second-order valence-electron chi connectivity index (χ2n) is 6.49. The number of carbonyl (C=O) groups excluding carboxylic acids is 2. The van der Waals surface area contributed by atoms with Crippen molar-refractivity contribution >= 4 is 23.3 Å². The molecule has 0 radical (unpaired) electrons. The molecule has 6 nitrogen and oxygen atoms in total. The van der Waals surface area contributed by atoms with Crippen molar-refractivity contribution in [3.63, 3.8) is 0 Å². The quantitative estimate of drug-likeness (QED) is 0.592. The van der Waals surface area contributed by atoms with Gasteiger partial charge in [0.05, 0.1) is 12.8 Å². The molecule has 154 valence electrons. The predicted octanol–water partition coefficient (Wildman–Crippen LogP) is 4.24. The number of halogens is 3. The van der Waals surface area contributed by atoms with E-state index in [4.69, 9.17) is 4.74 Å². The Kier molecular flexibility index (Phi) is 5.95. The predicted molar refractivity (Wildman–Crippen MR) is 99.9 cm³/mol. The molecular weight excluding hydrogens is 389 g/mol. The number of rotatable bonds is 5. The van der Waals surface area contributed by atoms with Gasteiger partial charge in [0, 0.05) is 25.7 Å². The molecule has 0 aliphatic carbocycles. The van der Waals surface area contributed by atoms with Gasteiger partial charge >= 0.3 is 5.97 Å². The number of anilines is 2. The molecule has 2 aromatic rings. The summed E-state index contributed by atoms with van der Waals surface area (Å²) in [5.74, 6) is -6.74. The first-order valence-electron chi connectivity index (χ1n) is 8.92. The lowest BCUT2D eigenvalue weighted by Gasteiger charge is -2.23. The van der Waals surface area contributed by atoms with Gasteiger partial charge in [0.2, 0.25) is 17.5 Å². The highest BCUT2D eigenvalue weighted by Gasteiger charge is 2.34. The van der Waals surface area contributed by atoms with Crippen LogP contribution in [0.15, 0.2) is 24.3 Å². The normalized spacial score (nSPS) is 13.3. The monoisotopic (exact) mass is 408 g/mol. The molecule has 0 atom stereocenters. The first-order chi connectivity index (χ1) is 13.8. The Labute approximate surface area is 165 Å². The van der Waals surface area contributed by atoms with Crippen LogP contribution >= 0.6 is 0 Å². The fourth-order valence-electron chi connectivity index (χ4n) is 3.17. The van der Waals surface area contributed by atoms with Crippen LogP contribution in [0.5, 0.6) is 11.5 Å². The van der Waals surface area contributed by atoms with Crippen molar-refractivity contribution in [3.05, 3.63) is 47.3 Å². The summed E-state index contributed by atoms with van der Waals surface area (Å²) >= 11 is 0. The molecule has 1 aliphatic rings. The van der Waals surface area contributed by atoms with E-state index < -0.39 is 34.7 Å². The third-order valence-electron chi connectivity index (χ3n) is 4.46. The average molecular weight is 408 g/mol. The standard InChI is InChI=1S/C20H19F3N2O4/c1-11(26)24-12-5-7-13(8-6-12)29-19-16(22)15(21)14(20(27)28-2)18(17(19)23)25-9-3-4-10-25/h5-8H,3-4,9-10H2,1-2H3,(H,24,26). The second kappa shape index (κ2) is 8.42. The number of nitrogens with zero attached hydrogens (tertiary/aromatic N) is 1. The van der Waals surface area contributed by atoms with Gasteiger partial charge in [-0.3, -0.25) is 4.79 Å². The van der Waals surface area contributed by atoms with Crippen molar-refractivity contribution in [1.29, 1.82) is 0 Å². The molecule has 1 aliphatic heterocycles. The Morgan fingerprint density at radius 3 is 2.17 bits per heavy atom. The van der Waals surface area contributed by atoms with E-state index in [-0.39, 0.29) is 17.3 Å². The fourth-order valence-corrected chi connectivity index (χ4v) is 3.17. The van der Waals surface area contributed by atoms with Crippen molar-refractivity contribution in [2.45, 2.75) is 19.8 Å². The van der Waals surface area contributed by atoms with E-state index in [2.05, 4.69) is 10.1 Å². The number of hydrogen-bond acceptors (Lipinski definition) is 5. The molecule has 0 aromatic heterocycles. The summed E-state index contributed by atoms with van der Waals surface area (Å²) in [7, 11) is 1.01. The van der Waals surface area contributed by atoms with Gasteiger partial charge in [0.15, 0.2) is 11.6 Å². The van der Waals surface area contributed by atoms with Crippen LogP contribution in [0.2, 0.25) is 0 Å². The van der Waals surface area contributed by atoms with Crippen LogP contribution in [0.25, 0.3) is 0 Å². The van der Waals surface area contributed by atoms with E-state index in [0.29, 0.717) is 18.8 Å². The Morgan fingerprint density at radius 1 is 1.00 bits per heavy atom. The lowest BCUT2D eigenvalue weighted by atomic mass is 10.1. The smallest absolute Gasteiger partial charge is 0.343 e. The molecule has 1 amide bonds. The van der Waals surface area contributed by atoms with Crippen LogP contribution in [0.4, 0.5) is 24.5 Å². The maximum atomic E-state index is 15.2. The fraction of sp³-hybridized carbons (Fsp3) is 0.300. The highest BCUT2D eigenvalue weighted by Crippen LogP contribution is 2.40. The Balaban J connectivity index is 2.04. The Hall–Kier alpha value is -3.23. The maximum Gasteiger partial charge on any atom is 0.343 e. The third kappa shape index (κ3) is 4.13. The van der Waals surface area contributed by atoms with Gasteiger partial charge in [-0.25, -0.2) is 13.6 Å². The molecule has 9 heteroatoms. The number of amides is 1. The largest absolute Gasteiger partial charge is 0.465 e. The highest BCUT2D eigenvalue weighted by molar-refractivity contribution is 5.97. The summed E-state index contributed by atoms with van der Waals surface area (Å²) in [6, 6.07) is 5.66. The molecule has 1 N–H and O–H groups in total. The minimum absolute atomic E-state index is 0.0227. The summed E-state index contributed by atoms with van der Waals surface area (Å²) in [6.45, 7) is 2.11. The van der Waals surface area contributed by atoms with E-state index in [1.165, 1.54) is 36.1 Å². The molecule has 0 unspecified atom stereocenters. The zero-order chi connectivity index (χ0) is 21.1. The van der Waals surface area contributed by atoms with Gasteiger partial charge in [-0.15, -0.1) is 0 Å². The highest BCUT2D eigenvalue weighted by atomic mass is 19.2. The van der Waals surface area contributed by atoms with Crippen LogP contribution < -0.4 is 15.0 Å². The van der Waals surface area contributed by atoms with Crippen LogP contribution in [0.3, 0.4) is 0 Å². The van der Waals surface area contributed by atoms with Gasteiger partial charge in [-0.1, -0.05) is 0 Å². The first-order valence-corrected chi connectivity index (χ1v) is 8.92. The second-order valence-corrected chi connectivity index (χ2v) is 6.49. The van der Waals surface area contributed by atoms with Crippen molar-refractivity contribution in [2.75, 3.05) is 30.4 Å². The topological polar surface area (TPSA) is 67.9 Å². The number of esters is 1. The summed E-state index contributed by atoms with van der Waals surface area (Å²) < 4.78 is 54.3. The molecule has 2 aromatic carbocycles. The van der Waals surface area contributed by atoms with Crippen LogP contribution in [0.1, 0.15) is 30.1 Å². The van der Waals surface area contributed by atoms with Crippen molar-refractivity contribution in [3.8, 4) is 11.5 Å². The number of ether oxygens (including phenoxy) is 2. The minimum Gasteiger partial charge on any atom is -0.465 e. The Morgan fingerprint density at radius 2 is 1.62 bits per heavy atom. The van der Waals surface area contributed by atoms with Gasteiger partial charge in [-0.2, -0.15) is 4.39 Å². The Bertz CT molecular complexity index is 942. The van der Waals surface area contributed by atoms with Gasteiger partial charge < -0.3 is 19.7 Å². The van der Waals surface area contributed by atoms with E-state index in [0.717, 1.165) is 20.0 Å². The summed E-state index contributed by atoms with van der Waals surface area (Å²) in [5.41, 5.74) is -0.716. The molecule has 0 spiro atoms. The minimum atomic E-state index is -1.63. The van der Waals surface area contributed by atoms with Crippen molar-refractivity contribution in [1.82, 2.24) is 0 Å². The zero-order valence-electron chi connectivity index (χ0n) is 15.9. The molecule has 29 heavy (non-hydrogen) atoms. The number of nitrogens with one attached hydrogen (secondary N) is 1. The van der Waals surface area contributed by atoms with Crippen LogP contribution in [0, 0.1) is 17.5 Å². The lowest BCUT2D eigenvalue weighted by Crippen LogP contribution is -2.24. The van der Waals surface area contributed by atoms with Gasteiger partial charge in [0.25, 0.3) is 0 Å². The molecule has 1 fully saturated rings. The number of benzene rings is 2. The third-order valence-corrected chi connectivity index (χ3v) is 4.46. The molecular formula is C20H19F3N2O4. The summed E-state index contributed by atoms with van der Waals surface area (Å²) in [6.07, 6.45) is 1.44. The summed E-state index contributed by atoms with van der Waals surface area (Å²) in [5, 5.41) is 2.54. The molecule has 3 rings (SSSR count). The lowest BCUT2D eigenvalue weighted by molar-refractivity contribution is -0.114.